The van der Waals surface area contributed by atoms with Gasteiger partial charge in [0.25, 0.3) is 0 Å². The zero-order chi connectivity index (χ0) is 43.2. The highest BCUT2D eigenvalue weighted by Crippen LogP contribution is 2.45. The van der Waals surface area contributed by atoms with E-state index in [0.717, 1.165) is 12.8 Å². The van der Waals surface area contributed by atoms with E-state index in [2.05, 4.69) is 243 Å². The topological polar surface area (TPSA) is 0 Å². The molecule has 11 rings (SSSR count). The second kappa shape index (κ2) is 18.3. The van der Waals surface area contributed by atoms with Crippen LogP contribution in [0.3, 0.4) is 0 Å². The molecule has 0 unspecified atom stereocenters. The van der Waals surface area contributed by atoms with Crippen molar-refractivity contribution in [2.45, 2.75) is 26.7 Å². The van der Waals surface area contributed by atoms with Crippen LogP contribution >= 0.6 is 0 Å². The Bertz CT molecular complexity index is 3260. The van der Waals surface area contributed by atoms with Gasteiger partial charge in [-0.2, -0.15) is 0 Å². The Morgan fingerprint density at radius 1 is 0.344 bits per heavy atom. The number of allylic oxidation sites excluding steroid dienone is 9. The molecule has 0 heterocycles. The molecule has 0 spiro atoms. The summed E-state index contributed by atoms with van der Waals surface area (Å²) < 4.78 is 0. The SMILES string of the molecule is C1=CC=C(c2cccc(-c3cc4c(c(-c5cccc(-c6ccccc6-c6ccccc6)c5)c3)C=C(c3c5ccccc5c(-c5ccccc5)c5ccccc35)C=CC4)c2)CC=C1.CC. The van der Waals surface area contributed by atoms with Gasteiger partial charge in [-0.25, -0.2) is 0 Å². The summed E-state index contributed by atoms with van der Waals surface area (Å²) in [7, 11) is 0. The van der Waals surface area contributed by atoms with Crippen LogP contribution in [0.4, 0.5) is 0 Å². The van der Waals surface area contributed by atoms with E-state index < -0.39 is 0 Å². The van der Waals surface area contributed by atoms with Gasteiger partial charge in [-0.1, -0.05) is 232 Å². The predicted octanol–water partition coefficient (Wildman–Crippen LogP) is 17.9. The minimum atomic E-state index is 0.825. The van der Waals surface area contributed by atoms with E-state index in [-0.39, 0.29) is 0 Å². The zero-order valence-electron chi connectivity index (χ0n) is 36.5. The molecule has 0 N–H and O–H groups in total. The maximum atomic E-state index is 2.48. The summed E-state index contributed by atoms with van der Waals surface area (Å²) >= 11 is 0. The van der Waals surface area contributed by atoms with Gasteiger partial charge in [-0.05, 0) is 148 Å². The first kappa shape index (κ1) is 40.3. The normalized spacial score (nSPS) is 13.0. The monoisotopic (exact) mass is 818 g/mol. The Balaban J connectivity index is 0.00000239. The van der Waals surface area contributed by atoms with Gasteiger partial charge in [-0.15, -0.1) is 0 Å². The van der Waals surface area contributed by atoms with Crippen molar-refractivity contribution in [2.24, 2.45) is 0 Å². The van der Waals surface area contributed by atoms with E-state index >= 15 is 0 Å². The summed E-state index contributed by atoms with van der Waals surface area (Å²) in [6.07, 6.45) is 19.8. The van der Waals surface area contributed by atoms with Crippen LogP contribution in [0.1, 0.15) is 42.5 Å². The summed E-state index contributed by atoms with van der Waals surface area (Å²) in [4.78, 5) is 0. The van der Waals surface area contributed by atoms with Gasteiger partial charge in [0.05, 0.1) is 0 Å². The van der Waals surface area contributed by atoms with Crippen molar-refractivity contribution < 1.29 is 0 Å². The van der Waals surface area contributed by atoms with Crippen LogP contribution in [0.15, 0.2) is 237 Å². The summed E-state index contributed by atoms with van der Waals surface area (Å²) in [5, 5.41) is 5.05. The van der Waals surface area contributed by atoms with Crippen molar-refractivity contribution >= 4 is 38.8 Å². The molecule has 0 aliphatic heterocycles. The van der Waals surface area contributed by atoms with Gasteiger partial charge in [0, 0.05) is 0 Å². The number of hydrogen-bond donors (Lipinski definition) is 0. The van der Waals surface area contributed by atoms with Crippen molar-refractivity contribution in [3.05, 3.63) is 259 Å². The zero-order valence-corrected chi connectivity index (χ0v) is 36.5. The number of rotatable bonds is 7. The second-order valence-corrected chi connectivity index (χ2v) is 16.3. The van der Waals surface area contributed by atoms with Crippen LogP contribution in [0.25, 0.3) is 94.4 Å². The largest absolute Gasteiger partial charge is 0.0801 e. The lowest BCUT2D eigenvalue weighted by molar-refractivity contribution is 1.27. The molecule has 0 saturated heterocycles. The standard InChI is InChI=1S/C62H44.C2H6/c1-2-6-21-43(20-5-1)46-26-17-27-47(38-46)52-40-50-30-19-31-51(62-57-36-15-13-34-55(57)61(45-24-9-4-10-25-45)56-35-14-16-37-58(56)62)41-59(50)60(42-52)49-29-18-28-48(39-49)54-33-12-11-32-53(54)44-22-7-3-8-23-44;1-2/h1-20,22-29,31-42H,21,30H2;1-2H3. The van der Waals surface area contributed by atoms with Gasteiger partial charge in [0.15, 0.2) is 0 Å². The van der Waals surface area contributed by atoms with Gasteiger partial charge in [-0.3, -0.25) is 0 Å². The van der Waals surface area contributed by atoms with Gasteiger partial charge in [0.2, 0.25) is 0 Å². The minimum absolute atomic E-state index is 0.825. The van der Waals surface area contributed by atoms with Crippen LogP contribution in [-0.2, 0) is 6.42 Å². The molecule has 9 aromatic carbocycles. The van der Waals surface area contributed by atoms with E-state index in [1.165, 1.54) is 111 Å². The van der Waals surface area contributed by atoms with E-state index in [9.17, 15) is 0 Å². The quantitative estimate of drug-likeness (QED) is 0.141. The lowest BCUT2D eigenvalue weighted by atomic mass is 9.84. The fourth-order valence-corrected chi connectivity index (χ4v) is 9.63. The van der Waals surface area contributed by atoms with Crippen LogP contribution in [0, 0.1) is 0 Å². The van der Waals surface area contributed by atoms with Gasteiger partial charge >= 0.3 is 0 Å². The maximum absolute atomic E-state index is 2.48. The molecular formula is C64H50. The lowest BCUT2D eigenvalue weighted by Crippen LogP contribution is -1.96. The molecule has 0 radical (unpaired) electrons. The molecule has 0 heteroatoms. The molecule has 0 aromatic heterocycles. The van der Waals surface area contributed by atoms with Crippen molar-refractivity contribution in [3.8, 4) is 55.6 Å². The van der Waals surface area contributed by atoms with Crippen molar-refractivity contribution in [1.82, 2.24) is 0 Å². The summed E-state index contributed by atoms with van der Waals surface area (Å²) in [6, 6.07) is 71.5. The van der Waals surface area contributed by atoms with Crippen LogP contribution < -0.4 is 0 Å². The highest BCUT2D eigenvalue weighted by atomic mass is 14.2. The van der Waals surface area contributed by atoms with E-state index in [0.29, 0.717) is 0 Å². The van der Waals surface area contributed by atoms with Crippen molar-refractivity contribution in [3.63, 3.8) is 0 Å². The molecular weight excluding hydrogens is 769 g/mol. The van der Waals surface area contributed by atoms with Crippen LogP contribution in [0.2, 0.25) is 0 Å². The molecule has 2 aliphatic carbocycles. The van der Waals surface area contributed by atoms with Crippen molar-refractivity contribution in [2.75, 3.05) is 0 Å². The van der Waals surface area contributed by atoms with E-state index in [1.54, 1.807) is 0 Å². The Hall–Kier alpha value is -7.80. The third-order valence-corrected chi connectivity index (χ3v) is 12.5. The smallest absolute Gasteiger partial charge is 0.00263 e. The molecule has 9 aromatic rings. The average Bonchev–Trinajstić information content (AvgIpc) is 3.79. The second-order valence-electron chi connectivity index (χ2n) is 16.3. The molecule has 2 aliphatic rings. The third kappa shape index (κ3) is 7.80. The molecule has 0 amide bonds. The number of hydrogen-bond acceptors (Lipinski definition) is 0. The van der Waals surface area contributed by atoms with Gasteiger partial charge in [0.1, 0.15) is 0 Å². The Morgan fingerprint density at radius 2 is 0.875 bits per heavy atom. The molecule has 0 bridgehead atoms. The minimum Gasteiger partial charge on any atom is -0.0801 e. The highest BCUT2D eigenvalue weighted by molar-refractivity contribution is 6.21. The summed E-state index contributed by atoms with van der Waals surface area (Å²) in [5.74, 6) is 0. The van der Waals surface area contributed by atoms with E-state index in [4.69, 9.17) is 0 Å². The van der Waals surface area contributed by atoms with Crippen LogP contribution in [-0.4, -0.2) is 0 Å². The maximum Gasteiger partial charge on any atom is -0.00263 e. The Morgan fingerprint density at radius 3 is 1.56 bits per heavy atom. The first-order chi connectivity index (χ1) is 31.8. The highest BCUT2D eigenvalue weighted by Gasteiger charge is 2.21. The first-order valence-electron chi connectivity index (χ1n) is 22.7. The molecule has 64 heavy (non-hydrogen) atoms. The fourth-order valence-electron chi connectivity index (χ4n) is 9.63. The molecule has 0 atom stereocenters. The fraction of sp³-hybridized carbons (Fsp3) is 0.0625. The summed E-state index contributed by atoms with van der Waals surface area (Å²) in [6.45, 7) is 4.00. The Kier molecular flexibility index (Phi) is 11.5. The molecule has 0 saturated carbocycles. The molecule has 0 nitrogen and oxygen atoms in total. The van der Waals surface area contributed by atoms with E-state index in [1.807, 2.05) is 13.8 Å². The lowest BCUT2D eigenvalue weighted by Gasteiger charge is -2.19. The third-order valence-electron chi connectivity index (χ3n) is 12.5. The molecule has 306 valence electrons. The van der Waals surface area contributed by atoms with Gasteiger partial charge < -0.3 is 0 Å². The average molecular weight is 819 g/mol. The van der Waals surface area contributed by atoms with Crippen LogP contribution in [0.5, 0.6) is 0 Å². The Labute approximate surface area is 378 Å². The number of benzene rings is 9. The molecule has 0 fully saturated rings. The summed E-state index contributed by atoms with van der Waals surface area (Å²) in [5.41, 5.74) is 19.9. The predicted molar refractivity (Wildman–Crippen MR) is 278 cm³/mol. The number of fused-ring (bicyclic) bond motifs is 3. The first-order valence-corrected chi connectivity index (χ1v) is 22.7. The van der Waals surface area contributed by atoms with Crippen molar-refractivity contribution in [1.29, 1.82) is 0 Å².